The van der Waals surface area contributed by atoms with Gasteiger partial charge < -0.3 is 20.3 Å². The Morgan fingerprint density at radius 1 is 1.21 bits per heavy atom. The van der Waals surface area contributed by atoms with Crippen LogP contribution in [0.25, 0.3) is 0 Å². The molecule has 0 fully saturated rings. The molecule has 0 aliphatic rings. The lowest BCUT2D eigenvalue weighted by atomic mass is 10.1. The highest BCUT2D eigenvalue weighted by Crippen LogP contribution is 2.08. The Kier molecular flexibility index (Phi) is 13.3. The van der Waals surface area contributed by atoms with Gasteiger partial charge in [0.1, 0.15) is 0 Å². The fraction of sp³-hybridized carbons (Fsp3) is 0.524. The Bertz CT molecular complexity index is 692. The molecule has 8 heteroatoms. The van der Waals surface area contributed by atoms with Gasteiger partial charge in [0.25, 0.3) is 0 Å². The maximum absolute atomic E-state index is 5.10. The number of rotatable bonds is 12. The van der Waals surface area contributed by atoms with Crippen molar-refractivity contribution in [1.82, 2.24) is 25.3 Å². The topological polar surface area (TPSA) is 66.7 Å². The predicted octanol–water partition coefficient (Wildman–Crippen LogP) is 2.57. The summed E-state index contributed by atoms with van der Waals surface area (Å²) in [6.07, 6.45) is 4.83. The maximum atomic E-state index is 5.10. The van der Waals surface area contributed by atoms with Crippen molar-refractivity contribution < 1.29 is 4.74 Å². The largest absolute Gasteiger partial charge is 0.385 e. The molecule has 1 heterocycles. The molecule has 0 saturated heterocycles. The third-order valence-corrected chi connectivity index (χ3v) is 4.33. The predicted molar refractivity (Wildman–Crippen MR) is 130 cm³/mol. The minimum absolute atomic E-state index is 0. The Balaban J connectivity index is 0.00000420. The van der Waals surface area contributed by atoms with Gasteiger partial charge in [-0.05, 0) is 37.6 Å². The normalized spacial score (nSPS) is 11.4. The number of aromatic nitrogens is 2. The van der Waals surface area contributed by atoms with Gasteiger partial charge in [-0.2, -0.15) is 5.10 Å². The highest BCUT2D eigenvalue weighted by atomic mass is 127. The van der Waals surface area contributed by atoms with Crippen LogP contribution in [0.3, 0.4) is 0 Å². The number of likely N-dealkylation sites (N-methyl/N-ethyl adjacent to an activating group) is 1. The third kappa shape index (κ3) is 10.6. The van der Waals surface area contributed by atoms with E-state index >= 15 is 0 Å². The summed E-state index contributed by atoms with van der Waals surface area (Å²) in [7, 11) is 3.88. The number of aliphatic imine (C=N–C) groups is 1. The van der Waals surface area contributed by atoms with Gasteiger partial charge in [-0.1, -0.05) is 24.3 Å². The van der Waals surface area contributed by atoms with Crippen LogP contribution in [0.5, 0.6) is 0 Å². The van der Waals surface area contributed by atoms with Crippen molar-refractivity contribution in [2.24, 2.45) is 4.99 Å². The van der Waals surface area contributed by atoms with Gasteiger partial charge in [0, 0.05) is 52.3 Å². The lowest BCUT2D eigenvalue weighted by Crippen LogP contribution is -2.41. The number of ether oxygens (including phenoxy) is 1. The fourth-order valence-corrected chi connectivity index (χ4v) is 2.88. The first-order chi connectivity index (χ1) is 13.7. The van der Waals surface area contributed by atoms with Crippen molar-refractivity contribution in [3.63, 3.8) is 0 Å². The van der Waals surface area contributed by atoms with Crippen LogP contribution in [0.4, 0.5) is 0 Å². The quantitative estimate of drug-likeness (QED) is 0.197. The van der Waals surface area contributed by atoms with E-state index in [1.807, 2.05) is 16.9 Å². The van der Waals surface area contributed by atoms with E-state index < -0.39 is 0 Å². The molecule has 0 unspecified atom stereocenters. The maximum Gasteiger partial charge on any atom is 0.191 e. The molecule has 1 aromatic carbocycles. The zero-order chi connectivity index (χ0) is 20.0. The van der Waals surface area contributed by atoms with Crippen LogP contribution in [0.15, 0.2) is 47.7 Å². The number of halogens is 1. The van der Waals surface area contributed by atoms with E-state index in [1.165, 1.54) is 11.1 Å². The van der Waals surface area contributed by atoms with Crippen LogP contribution in [-0.4, -0.2) is 67.6 Å². The summed E-state index contributed by atoms with van der Waals surface area (Å²) >= 11 is 0. The second kappa shape index (κ2) is 15.2. The SMILES string of the molecule is CCNC(=NCc1cccc(Cn2cccn2)c1)NCCN(C)CCCOC.I. The van der Waals surface area contributed by atoms with E-state index in [-0.39, 0.29) is 24.0 Å². The summed E-state index contributed by atoms with van der Waals surface area (Å²) in [6, 6.07) is 10.5. The molecule has 2 aromatic rings. The average molecular weight is 514 g/mol. The Labute approximate surface area is 191 Å². The number of nitrogens with zero attached hydrogens (tertiary/aromatic N) is 4. The number of nitrogens with one attached hydrogen (secondary N) is 2. The van der Waals surface area contributed by atoms with E-state index in [1.54, 1.807) is 13.3 Å². The van der Waals surface area contributed by atoms with Crippen molar-refractivity contribution in [1.29, 1.82) is 0 Å². The van der Waals surface area contributed by atoms with Crippen molar-refractivity contribution in [2.45, 2.75) is 26.4 Å². The minimum atomic E-state index is 0. The minimum Gasteiger partial charge on any atom is -0.385 e. The molecule has 0 amide bonds. The second-order valence-electron chi connectivity index (χ2n) is 6.80. The first kappa shape index (κ1) is 25.4. The van der Waals surface area contributed by atoms with Crippen LogP contribution >= 0.6 is 24.0 Å². The first-order valence-corrected chi connectivity index (χ1v) is 9.96. The Morgan fingerprint density at radius 3 is 2.76 bits per heavy atom. The van der Waals surface area contributed by atoms with Crippen molar-refractivity contribution in [3.05, 3.63) is 53.9 Å². The molecule has 162 valence electrons. The Morgan fingerprint density at radius 2 is 2.03 bits per heavy atom. The molecule has 0 spiro atoms. The van der Waals surface area contributed by atoms with Crippen LogP contribution < -0.4 is 10.6 Å². The van der Waals surface area contributed by atoms with Crippen molar-refractivity contribution >= 4 is 29.9 Å². The second-order valence-corrected chi connectivity index (χ2v) is 6.80. The smallest absolute Gasteiger partial charge is 0.191 e. The summed E-state index contributed by atoms with van der Waals surface area (Å²) in [5, 5.41) is 11.0. The third-order valence-electron chi connectivity index (χ3n) is 4.33. The average Bonchev–Trinajstić information content (AvgIpc) is 3.19. The van der Waals surface area contributed by atoms with E-state index in [9.17, 15) is 0 Å². The van der Waals surface area contributed by atoms with Crippen molar-refractivity contribution in [3.8, 4) is 0 Å². The molecule has 2 N–H and O–H groups in total. The van der Waals surface area contributed by atoms with Crippen LogP contribution in [0, 0.1) is 0 Å². The lowest BCUT2D eigenvalue weighted by Gasteiger charge is -2.18. The summed E-state index contributed by atoms with van der Waals surface area (Å²) in [5.74, 6) is 0.852. The molecular weight excluding hydrogens is 479 g/mol. The van der Waals surface area contributed by atoms with Gasteiger partial charge >= 0.3 is 0 Å². The van der Waals surface area contributed by atoms with E-state index in [2.05, 4.69) is 58.9 Å². The number of methoxy groups -OCH3 is 1. The number of hydrogen-bond acceptors (Lipinski definition) is 4. The molecule has 0 aliphatic carbocycles. The highest BCUT2D eigenvalue weighted by Gasteiger charge is 2.02. The van der Waals surface area contributed by atoms with Crippen LogP contribution in [0.1, 0.15) is 24.5 Å². The molecule has 0 bridgehead atoms. The Hall–Kier alpha value is -1.65. The molecule has 2 rings (SSSR count). The lowest BCUT2D eigenvalue weighted by molar-refractivity contribution is 0.180. The molecule has 1 aromatic heterocycles. The van der Waals surface area contributed by atoms with Gasteiger partial charge in [0.2, 0.25) is 0 Å². The summed E-state index contributed by atoms with van der Waals surface area (Å²) in [4.78, 5) is 7.03. The molecule has 0 aliphatic heterocycles. The van der Waals surface area contributed by atoms with E-state index in [0.717, 1.165) is 51.7 Å². The molecule has 29 heavy (non-hydrogen) atoms. The standard InChI is InChI=1S/C21H34N6O.HI/c1-4-22-21(23-11-14-26(2)12-7-15-28-3)24-17-19-8-5-9-20(16-19)18-27-13-6-10-25-27;/h5-6,8-10,13,16H,4,7,11-12,14-15,17-18H2,1-3H3,(H2,22,23,24);1H. The summed E-state index contributed by atoms with van der Waals surface area (Å²) in [5.41, 5.74) is 2.42. The first-order valence-electron chi connectivity index (χ1n) is 9.96. The molecule has 0 atom stereocenters. The molecule has 7 nitrogen and oxygen atoms in total. The zero-order valence-electron chi connectivity index (χ0n) is 17.8. The molecule has 0 radical (unpaired) electrons. The molecular formula is C21H35IN6O. The number of benzene rings is 1. The van der Waals surface area contributed by atoms with Gasteiger partial charge in [0.15, 0.2) is 5.96 Å². The number of guanidine groups is 1. The van der Waals surface area contributed by atoms with Gasteiger partial charge in [0.05, 0.1) is 13.1 Å². The van der Waals surface area contributed by atoms with Crippen LogP contribution in [-0.2, 0) is 17.8 Å². The fourth-order valence-electron chi connectivity index (χ4n) is 2.88. The summed E-state index contributed by atoms with van der Waals surface area (Å²) in [6.45, 7) is 8.01. The monoisotopic (exact) mass is 514 g/mol. The van der Waals surface area contributed by atoms with E-state index in [4.69, 9.17) is 9.73 Å². The van der Waals surface area contributed by atoms with Crippen molar-refractivity contribution in [2.75, 3.05) is 46.9 Å². The van der Waals surface area contributed by atoms with Gasteiger partial charge in [-0.25, -0.2) is 4.99 Å². The van der Waals surface area contributed by atoms with Crippen LogP contribution in [0.2, 0.25) is 0 Å². The molecule has 0 saturated carbocycles. The van der Waals surface area contributed by atoms with E-state index in [0.29, 0.717) is 6.54 Å². The summed E-state index contributed by atoms with van der Waals surface area (Å²) < 4.78 is 7.03. The zero-order valence-corrected chi connectivity index (χ0v) is 20.1. The number of hydrogen-bond donors (Lipinski definition) is 2. The van der Waals surface area contributed by atoms with Gasteiger partial charge in [-0.3, -0.25) is 4.68 Å². The highest BCUT2D eigenvalue weighted by molar-refractivity contribution is 14.0. The van der Waals surface area contributed by atoms with Gasteiger partial charge in [-0.15, -0.1) is 24.0 Å².